The molecule has 0 saturated carbocycles. The molecule has 0 amide bonds. The van der Waals surface area contributed by atoms with E-state index < -0.39 is 12.5 Å². The molecule has 3 heteroatoms. The van der Waals surface area contributed by atoms with Crippen LogP contribution in [0.5, 0.6) is 0 Å². The van der Waals surface area contributed by atoms with E-state index in [-0.39, 0.29) is 0 Å². The van der Waals surface area contributed by atoms with E-state index in [0.717, 1.165) is 12.0 Å². The summed E-state index contributed by atoms with van der Waals surface area (Å²) in [4.78, 5) is 1.42. The number of allylic oxidation sites excluding steroid dienone is 1. The summed E-state index contributed by atoms with van der Waals surface area (Å²) in [6, 6.07) is 7.53. The fourth-order valence-corrected chi connectivity index (χ4v) is 1.70. The zero-order valence-corrected chi connectivity index (χ0v) is 10.4. The first-order valence-corrected chi connectivity index (χ1v) is 5.73. The van der Waals surface area contributed by atoms with Gasteiger partial charge in [-0.3, -0.25) is 0 Å². The molecule has 0 fully saturated rings. The van der Waals surface area contributed by atoms with E-state index in [1.165, 1.54) is 17.1 Å². The molecule has 1 aromatic carbocycles. The largest absolute Gasteiger partial charge is 0.370 e. The van der Waals surface area contributed by atoms with Gasteiger partial charge < -0.3 is 15.1 Å². The van der Waals surface area contributed by atoms with Crippen LogP contribution in [0.2, 0.25) is 0 Å². The first-order chi connectivity index (χ1) is 8.63. The van der Waals surface area contributed by atoms with E-state index in [9.17, 15) is 10.2 Å². The SMILES string of the molecule is C=CCc1cccc(N(C(O)C=C)C(O)C=C)c1. The minimum absolute atomic E-state index is 0.703. The number of nitrogens with zero attached hydrogens (tertiary/aromatic N) is 1. The van der Waals surface area contributed by atoms with Gasteiger partial charge in [0, 0.05) is 5.69 Å². The predicted molar refractivity (Wildman–Crippen MR) is 75.2 cm³/mol. The molecule has 0 aliphatic rings. The van der Waals surface area contributed by atoms with Crippen molar-refractivity contribution in [1.29, 1.82) is 0 Å². The molecular formula is C15H19NO2. The predicted octanol–water partition coefficient (Wildman–Crippen LogP) is 2.23. The van der Waals surface area contributed by atoms with E-state index in [1.54, 1.807) is 6.08 Å². The zero-order chi connectivity index (χ0) is 13.5. The normalized spacial score (nSPS) is 13.4. The summed E-state index contributed by atoms with van der Waals surface area (Å²) in [6.45, 7) is 10.7. The Kier molecular flexibility index (Phi) is 5.36. The van der Waals surface area contributed by atoms with E-state index >= 15 is 0 Å². The van der Waals surface area contributed by atoms with Gasteiger partial charge in [-0.15, -0.1) is 6.58 Å². The molecule has 1 rings (SSSR count). The second-order valence-corrected chi connectivity index (χ2v) is 3.87. The molecule has 2 atom stereocenters. The molecule has 96 valence electrons. The van der Waals surface area contributed by atoms with Gasteiger partial charge in [-0.25, -0.2) is 0 Å². The summed E-state index contributed by atoms with van der Waals surface area (Å²) in [6.07, 6.45) is 3.29. The van der Waals surface area contributed by atoms with Gasteiger partial charge in [-0.05, 0) is 36.3 Å². The van der Waals surface area contributed by atoms with Crippen LogP contribution in [0.15, 0.2) is 62.2 Å². The van der Waals surface area contributed by atoms with Crippen molar-refractivity contribution in [2.24, 2.45) is 0 Å². The van der Waals surface area contributed by atoms with Crippen LogP contribution < -0.4 is 4.90 Å². The fraction of sp³-hybridized carbons (Fsp3) is 0.200. The minimum Gasteiger partial charge on any atom is -0.370 e. The van der Waals surface area contributed by atoms with Crippen molar-refractivity contribution >= 4 is 5.69 Å². The quantitative estimate of drug-likeness (QED) is 0.572. The molecule has 0 aliphatic heterocycles. The van der Waals surface area contributed by atoms with Gasteiger partial charge in [-0.2, -0.15) is 0 Å². The number of rotatable bonds is 7. The summed E-state index contributed by atoms with van der Waals surface area (Å²) in [5.74, 6) is 0. The summed E-state index contributed by atoms with van der Waals surface area (Å²) in [7, 11) is 0. The Labute approximate surface area is 108 Å². The van der Waals surface area contributed by atoms with E-state index in [0.29, 0.717) is 5.69 Å². The van der Waals surface area contributed by atoms with Gasteiger partial charge >= 0.3 is 0 Å². The Morgan fingerprint density at radius 2 is 1.72 bits per heavy atom. The fourth-order valence-electron chi connectivity index (χ4n) is 1.70. The van der Waals surface area contributed by atoms with Crippen molar-refractivity contribution in [3.8, 4) is 0 Å². The van der Waals surface area contributed by atoms with Gasteiger partial charge in [0.2, 0.25) is 0 Å². The molecular weight excluding hydrogens is 226 g/mol. The maximum absolute atomic E-state index is 9.87. The highest BCUT2D eigenvalue weighted by Gasteiger charge is 2.19. The van der Waals surface area contributed by atoms with Crippen molar-refractivity contribution in [3.05, 3.63) is 67.8 Å². The van der Waals surface area contributed by atoms with Crippen molar-refractivity contribution in [1.82, 2.24) is 0 Å². The molecule has 3 nitrogen and oxygen atoms in total. The highest BCUT2D eigenvalue weighted by atomic mass is 16.3. The maximum atomic E-state index is 9.87. The van der Waals surface area contributed by atoms with Gasteiger partial charge in [0.05, 0.1) is 0 Å². The number of hydrogen-bond donors (Lipinski definition) is 2. The molecule has 0 saturated heterocycles. The smallest absolute Gasteiger partial charge is 0.148 e. The molecule has 0 aliphatic carbocycles. The van der Waals surface area contributed by atoms with Crippen LogP contribution in [0.1, 0.15) is 5.56 Å². The third-order valence-electron chi connectivity index (χ3n) is 2.58. The van der Waals surface area contributed by atoms with Crippen LogP contribution in [0, 0.1) is 0 Å². The molecule has 1 aromatic rings. The average Bonchev–Trinajstić information content (AvgIpc) is 2.39. The Morgan fingerprint density at radius 1 is 1.11 bits per heavy atom. The minimum atomic E-state index is -0.975. The molecule has 18 heavy (non-hydrogen) atoms. The Balaban J connectivity index is 3.11. The van der Waals surface area contributed by atoms with Crippen LogP contribution in [-0.2, 0) is 6.42 Å². The van der Waals surface area contributed by atoms with Crippen molar-refractivity contribution in [3.63, 3.8) is 0 Å². The van der Waals surface area contributed by atoms with Crippen LogP contribution >= 0.6 is 0 Å². The highest BCUT2D eigenvalue weighted by Crippen LogP contribution is 2.21. The number of hydrogen-bond acceptors (Lipinski definition) is 3. The maximum Gasteiger partial charge on any atom is 0.148 e. The van der Waals surface area contributed by atoms with E-state index in [4.69, 9.17) is 0 Å². The number of anilines is 1. The van der Waals surface area contributed by atoms with Crippen LogP contribution in [0.3, 0.4) is 0 Å². The second kappa shape index (κ2) is 6.79. The average molecular weight is 245 g/mol. The second-order valence-electron chi connectivity index (χ2n) is 3.87. The number of benzene rings is 1. The number of aliphatic hydroxyl groups excluding tert-OH is 2. The van der Waals surface area contributed by atoms with Crippen molar-refractivity contribution in [2.75, 3.05) is 4.90 Å². The molecule has 2 unspecified atom stereocenters. The lowest BCUT2D eigenvalue weighted by Gasteiger charge is -2.31. The summed E-state index contributed by atoms with van der Waals surface area (Å²) < 4.78 is 0. The molecule has 0 bridgehead atoms. The molecule has 0 spiro atoms. The van der Waals surface area contributed by atoms with Gasteiger partial charge in [-0.1, -0.05) is 31.4 Å². The molecule has 2 N–H and O–H groups in total. The molecule has 0 aromatic heterocycles. The third kappa shape index (κ3) is 3.32. The standard InChI is InChI=1S/C15H19NO2/c1-4-8-12-9-7-10-13(11-12)16(14(17)5-2)15(18)6-3/h4-7,9-11,14-15,17-18H,1-3,8H2. The first kappa shape index (κ1) is 14.2. The Morgan fingerprint density at radius 3 is 2.22 bits per heavy atom. The number of aliphatic hydroxyl groups is 2. The lowest BCUT2D eigenvalue weighted by atomic mass is 10.1. The van der Waals surface area contributed by atoms with Crippen LogP contribution in [-0.4, -0.2) is 22.7 Å². The summed E-state index contributed by atoms with van der Waals surface area (Å²) >= 11 is 0. The molecule has 0 radical (unpaired) electrons. The lowest BCUT2D eigenvalue weighted by molar-refractivity contribution is 0.136. The lowest BCUT2D eigenvalue weighted by Crippen LogP contribution is -2.41. The van der Waals surface area contributed by atoms with Crippen molar-refractivity contribution < 1.29 is 10.2 Å². The Bertz CT molecular complexity index is 414. The monoisotopic (exact) mass is 245 g/mol. The van der Waals surface area contributed by atoms with Crippen LogP contribution in [0.4, 0.5) is 5.69 Å². The summed E-state index contributed by atoms with van der Waals surface area (Å²) in [5.41, 5.74) is 1.76. The van der Waals surface area contributed by atoms with Gasteiger partial charge in [0.25, 0.3) is 0 Å². The van der Waals surface area contributed by atoms with E-state index in [1.807, 2.05) is 24.3 Å². The third-order valence-corrected chi connectivity index (χ3v) is 2.58. The molecule has 0 heterocycles. The van der Waals surface area contributed by atoms with E-state index in [2.05, 4.69) is 19.7 Å². The highest BCUT2D eigenvalue weighted by molar-refractivity contribution is 5.51. The first-order valence-electron chi connectivity index (χ1n) is 5.73. The topological polar surface area (TPSA) is 43.7 Å². The van der Waals surface area contributed by atoms with Gasteiger partial charge in [0.15, 0.2) is 0 Å². The van der Waals surface area contributed by atoms with Crippen molar-refractivity contribution in [2.45, 2.75) is 18.9 Å². The van der Waals surface area contributed by atoms with Crippen LogP contribution in [0.25, 0.3) is 0 Å². The zero-order valence-electron chi connectivity index (χ0n) is 10.4. The Hall–Kier alpha value is -1.84. The van der Waals surface area contributed by atoms with Gasteiger partial charge in [0.1, 0.15) is 12.5 Å². The summed E-state index contributed by atoms with van der Waals surface area (Å²) in [5, 5.41) is 19.7.